The van der Waals surface area contributed by atoms with Crippen molar-refractivity contribution in [2.45, 2.75) is 39.5 Å². The number of nitrogens with zero attached hydrogens (tertiary/aromatic N) is 4. The summed E-state index contributed by atoms with van der Waals surface area (Å²) in [5.41, 5.74) is 10.3. The van der Waals surface area contributed by atoms with E-state index in [0.29, 0.717) is 28.2 Å². The van der Waals surface area contributed by atoms with Gasteiger partial charge in [-0.1, -0.05) is 203 Å². The standard InChI is InChI=1S/C66H50N4O.Pt/c1-5-45-40-64(67-43-59(45)49-31-34-51(35-32-49)66(2,3)4)70-60-38-33-50(46-19-9-6-10-20-46)39-58(60)57-37-36-54(42-63(57)70)71-53-26-17-25-52(41-53)68-44-69(62-30-16-15-29-61(62)68)65-55(47-21-11-7-12-22-47)27-18-28-56(65)48-23-13-8-14-24-48;/h6-40,43H,5H2,1-4H3;/q-2;/i7D,8D,11D,12D,13D,14D,21D,22D,23D,24D;. The minimum Gasteiger partial charge on any atom is -0.510 e. The number of benzene rings is 9. The summed E-state index contributed by atoms with van der Waals surface area (Å²) in [7, 11) is 0. The molecule has 9 aromatic carbocycles. The second kappa shape index (κ2) is 19.2. The van der Waals surface area contributed by atoms with Crippen LogP contribution in [-0.4, -0.2) is 14.1 Å². The van der Waals surface area contributed by atoms with Crippen molar-refractivity contribution in [1.82, 2.24) is 14.1 Å². The molecule has 0 saturated carbocycles. The van der Waals surface area contributed by atoms with Crippen LogP contribution in [0.15, 0.2) is 218 Å². The van der Waals surface area contributed by atoms with E-state index in [9.17, 15) is 0 Å². The molecule has 3 heterocycles. The number of aryl methyl sites for hydroxylation is 1. The molecule has 0 spiro atoms. The first kappa shape index (κ1) is 35.9. The van der Waals surface area contributed by atoms with E-state index in [2.05, 4.69) is 111 Å². The molecule has 12 aromatic rings. The van der Waals surface area contributed by atoms with E-state index < -0.39 is 60.4 Å². The van der Waals surface area contributed by atoms with Gasteiger partial charge in [0.25, 0.3) is 6.33 Å². The summed E-state index contributed by atoms with van der Waals surface area (Å²) < 4.78 is 99.7. The van der Waals surface area contributed by atoms with Gasteiger partial charge in [-0.25, -0.2) is 4.98 Å². The van der Waals surface area contributed by atoms with Crippen LogP contribution in [0.3, 0.4) is 0 Å². The van der Waals surface area contributed by atoms with E-state index >= 15 is 0 Å². The molecule has 0 aliphatic rings. The second-order valence-corrected chi connectivity index (χ2v) is 18.4. The molecule has 6 heteroatoms. The second-order valence-electron chi connectivity index (χ2n) is 18.4. The predicted octanol–water partition coefficient (Wildman–Crippen LogP) is 16.1. The first-order chi connectivity index (χ1) is 38.9. The molecule has 0 N–H and O–H groups in total. The summed E-state index contributed by atoms with van der Waals surface area (Å²) in [6.07, 6.45) is 6.18. The summed E-state index contributed by atoms with van der Waals surface area (Å²) in [6, 6.07) is 50.9. The number of imidazole rings is 1. The maximum Gasteiger partial charge on any atom is 0.268 e. The third-order valence-electron chi connectivity index (χ3n) is 13.0. The number of para-hydroxylation sites is 3. The summed E-state index contributed by atoms with van der Waals surface area (Å²) in [5.74, 6) is 1.51. The Labute approximate surface area is 449 Å². The molecular formula is C66H50N4OPt-2. The fourth-order valence-electron chi connectivity index (χ4n) is 9.45. The van der Waals surface area contributed by atoms with Gasteiger partial charge in [-0.05, 0) is 85.1 Å². The van der Waals surface area contributed by atoms with Crippen LogP contribution in [0, 0.1) is 18.5 Å². The van der Waals surface area contributed by atoms with Gasteiger partial charge in [0.05, 0.1) is 30.4 Å². The largest absolute Gasteiger partial charge is 0.510 e. The van der Waals surface area contributed by atoms with Crippen LogP contribution in [0.1, 0.15) is 52.5 Å². The number of rotatable bonds is 10. The molecule has 0 saturated heterocycles. The Morgan fingerprint density at radius 2 is 1.25 bits per heavy atom. The topological polar surface area (TPSA) is 35.9 Å². The molecule has 352 valence electrons. The first-order valence-electron chi connectivity index (χ1n) is 28.5. The Kier molecular flexibility index (Phi) is 9.59. The first-order valence-corrected chi connectivity index (χ1v) is 23.5. The monoisotopic (exact) mass is 1120 g/mol. The van der Waals surface area contributed by atoms with Crippen molar-refractivity contribution < 1.29 is 44.1 Å². The van der Waals surface area contributed by atoms with Crippen molar-refractivity contribution in [2.24, 2.45) is 0 Å². The molecule has 0 radical (unpaired) electrons. The fourth-order valence-corrected chi connectivity index (χ4v) is 9.45. The maximum atomic E-state index is 9.07. The smallest absolute Gasteiger partial charge is 0.268 e. The van der Waals surface area contributed by atoms with Gasteiger partial charge in [0.2, 0.25) is 0 Å². The summed E-state index contributed by atoms with van der Waals surface area (Å²) in [5, 5.41) is 1.98. The van der Waals surface area contributed by atoms with Crippen molar-refractivity contribution in [3.63, 3.8) is 0 Å². The Balaban J connectivity index is 0.00000705. The Bertz CT molecular complexity index is 4390. The van der Waals surface area contributed by atoms with E-state index in [1.165, 1.54) is 5.56 Å². The fraction of sp³-hybridized carbons (Fsp3) is 0.0909. The Morgan fingerprint density at radius 3 is 1.96 bits per heavy atom. The van der Waals surface area contributed by atoms with Crippen molar-refractivity contribution in [2.75, 3.05) is 0 Å². The van der Waals surface area contributed by atoms with Crippen LogP contribution < -0.4 is 9.30 Å². The van der Waals surface area contributed by atoms with Gasteiger partial charge < -0.3 is 13.9 Å². The van der Waals surface area contributed by atoms with Crippen LogP contribution in [0.2, 0.25) is 0 Å². The van der Waals surface area contributed by atoms with Gasteiger partial charge in [-0.15, -0.1) is 29.7 Å². The maximum absolute atomic E-state index is 9.07. The van der Waals surface area contributed by atoms with Crippen LogP contribution in [0.4, 0.5) is 0 Å². The van der Waals surface area contributed by atoms with E-state index in [1.807, 2.05) is 72.9 Å². The SMILES string of the molecule is [2H]c1c([2H])c([2H])c(-c2cccc(-c3c([2H])c([2H])c([2H])c([2H])c3[2H])c2-[n+]2[c-]n(-c3[c-]c(Oc4[c-]c5c(cc4)c4cc(-c6ccccc6)ccc4n5-c4cc(CC)c(-c5ccc(C(C)(C)C)cc5)cn4)ccc3)c3ccccc32)c([2H])c1[2H].[Pt]. The number of pyridine rings is 1. The normalized spacial score (nSPS) is 13.5. The average molecular weight is 1120 g/mol. The van der Waals surface area contributed by atoms with Crippen molar-refractivity contribution in [1.29, 1.82) is 0 Å². The molecule has 5 nitrogen and oxygen atoms in total. The molecule has 0 bridgehead atoms. The summed E-state index contributed by atoms with van der Waals surface area (Å²) in [4.78, 5) is 5.15. The quantitative estimate of drug-likeness (QED) is 0.101. The molecule has 12 rings (SSSR count). The molecular weight excluding hydrogens is 1060 g/mol. The molecule has 0 aliphatic carbocycles. The zero-order valence-corrected chi connectivity index (χ0v) is 42.0. The molecule has 0 unspecified atom stereocenters. The van der Waals surface area contributed by atoms with E-state index in [1.54, 1.807) is 33.4 Å². The Hall–Kier alpha value is -8.11. The molecule has 0 amide bonds. The summed E-state index contributed by atoms with van der Waals surface area (Å²) in [6.45, 7) is 8.80. The van der Waals surface area contributed by atoms with E-state index in [0.717, 1.165) is 61.9 Å². The molecule has 0 atom stereocenters. The van der Waals surface area contributed by atoms with Crippen molar-refractivity contribution >= 4 is 32.8 Å². The van der Waals surface area contributed by atoms with Crippen LogP contribution >= 0.6 is 0 Å². The van der Waals surface area contributed by atoms with E-state index in [4.69, 9.17) is 23.4 Å². The summed E-state index contributed by atoms with van der Waals surface area (Å²) >= 11 is 0. The Morgan fingerprint density at radius 1 is 0.583 bits per heavy atom. The van der Waals surface area contributed by atoms with Gasteiger partial charge in [-0.3, -0.25) is 4.57 Å². The molecule has 3 aromatic heterocycles. The minimum absolute atomic E-state index is 0. The number of hydrogen-bond donors (Lipinski definition) is 0. The van der Waals surface area contributed by atoms with Gasteiger partial charge in [-0.2, -0.15) is 18.2 Å². The van der Waals surface area contributed by atoms with Gasteiger partial charge >= 0.3 is 0 Å². The number of fused-ring (bicyclic) bond motifs is 4. The molecule has 0 fully saturated rings. The van der Waals surface area contributed by atoms with Gasteiger partial charge in [0, 0.05) is 49.8 Å². The molecule has 0 aliphatic heterocycles. The van der Waals surface area contributed by atoms with Crippen LogP contribution in [-0.2, 0) is 32.9 Å². The van der Waals surface area contributed by atoms with Crippen LogP contribution in [0.5, 0.6) is 11.5 Å². The zero-order valence-electron chi connectivity index (χ0n) is 49.7. The number of ether oxygens (including phenoxy) is 1. The molecule has 72 heavy (non-hydrogen) atoms. The third kappa shape index (κ3) is 8.54. The zero-order chi connectivity index (χ0) is 56.8. The van der Waals surface area contributed by atoms with E-state index in [-0.39, 0.29) is 54.4 Å². The number of hydrogen-bond acceptors (Lipinski definition) is 2. The number of aromatic nitrogens is 4. The third-order valence-corrected chi connectivity index (χ3v) is 13.0. The van der Waals surface area contributed by atoms with Crippen molar-refractivity contribution in [3.8, 4) is 73.2 Å². The van der Waals surface area contributed by atoms with Gasteiger partial charge in [0.15, 0.2) is 0 Å². The predicted molar refractivity (Wildman–Crippen MR) is 290 cm³/mol. The van der Waals surface area contributed by atoms with Crippen molar-refractivity contribution in [3.05, 3.63) is 248 Å². The minimum atomic E-state index is -0.575. The average Bonchev–Trinajstić information content (AvgIpc) is 4.24. The van der Waals surface area contributed by atoms with Crippen LogP contribution in [0.25, 0.3) is 94.5 Å². The van der Waals surface area contributed by atoms with Gasteiger partial charge in [0.1, 0.15) is 5.82 Å².